The number of carbonyl (C=O) groups excluding carboxylic acids is 2. The van der Waals surface area contributed by atoms with Gasteiger partial charge in [0.25, 0.3) is 5.91 Å². The first-order valence-corrected chi connectivity index (χ1v) is 8.70. The number of aromatic nitrogens is 1. The van der Waals surface area contributed by atoms with Gasteiger partial charge in [0.05, 0.1) is 12.2 Å². The molecule has 2 rings (SSSR count). The summed E-state index contributed by atoms with van der Waals surface area (Å²) < 4.78 is 7.10. The van der Waals surface area contributed by atoms with E-state index >= 15 is 0 Å². The van der Waals surface area contributed by atoms with E-state index in [0.29, 0.717) is 36.5 Å². The van der Waals surface area contributed by atoms with E-state index in [1.54, 1.807) is 6.92 Å². The number of nitrogens with zero attached hydrogens (tertiary/aromatic N) is 1. The zero-order valence-corrected chi connectivity index (χ0v) is 15.4. The van der Waals surface area contributed by atoms with Crippen LogP contribution < -0.4 is 5.32 Å². The van der Waals surface area contributed by atoms with Crippen LogP contribution in [-0.4, -0.2) is 29.6 Å². The Hall–Kier alpha value is -2.56. The topological polar surface area (TPSA) is 60.3 Å². The lowest BCUT2D eigenvalue weighted by molar-refractivity contribution is 0.0513. The van der Waals surface area contributed by atoms with Crippen LogP contribution in [0.2, 0.25) is 0 Å². The van der Waals surface area contributed by atoms with E-state index in [2.05, 4.69) is 5.32 Å². The molecule has 1 aromatic carbocycles. The number of esters is 1. The van der Waals surface area contributed by atoms with Crippen LogP contribution in [0.15, 0.2) is 30.3 Å². The summed E-state index contributed by atoms with van der Waals surface area (Å²) in [6, 6.07) is 9.87. The molecule has 0 spiro atoms. The molecule has 0 unspecified atom stereocenters. The summed E-state index contributed by atoms with van der Waals surface area (Å²) in [5.41, 5.74) is 3.52. The van der Waals surface area contributed by atoms with Crippen LogP contribution >= 0.6 is 0 Å². The summed E-state index contributed by atoms with van der Waals surface area (Å²) in [6.45, 7) is 8.88. The van der Waals surface area contributed by atoms with Crippen LogP contribution in [0, 0.1) is 13.8 Å². The van der Waals surface area contributed by atoms with Crippen LogP contribution in [0.1, 0.15) is 57.9 Å². The molecule has 0 aliphatic carbocycles. The van der Waals surface area contributed by atoms with Crippen molar-refractivity contribution in [3.8, 4) is 0 Å². The molecule has 25 heavy (non-hydrogen) atoms. The van der Waals surface area contributed by atoms with Crippen molar-refractivity contribution in [2.45, 2.75) is 40.7 Å². The average molecular weight is 342 g/mol. The summed E-state index contributed by atoms with van der Waals surface area (Å²) in [5.74, 6) is -0.539. The molecule has 2 aromatic rings. The van der Waals surface area contributed by atoms with Gasteiger partial charge in [0.2, 0.25) is 0 Å². The molecule has 1 aromatic heterocycles. The quantitative estimate of drug-likeness (QED) is 0.784. The fourth-order valence-electron chi connectivity index (χ4n) is 2.98. The number of carbonyl (C=O) groups is 2. The fraction of sp³-hybridized carbons (Fsp3) is 0.400. The van der Waals surface area contributed by atoms with Crippen molar-refractivity contribution in [2.75, 3.05) is 13.2 Å². The molecule has 0 bridgehead atoms. The highest BCUT2D eigenvalue weighted by Crippen LogP contribution is 2.24. The van der Waals surface area contributed by atoms with Crippen LogP contribution in [0.5, 0.6) is 0 Å². The molecule has 1 heterocycles. The summed E-state index contributed by atoms with van der Waals surface area (Å²) in [5, 5.41) is 2.90. The monoisotopic (exact) mass is 342 g/mol. The molecule has 0 fully saturated rings. The van der Waals surface area contributed by atoms with Gasteiger partial charge in [-0.25, -0.2) is 4.79 Å². The van der Waals surface area contributed by atoms with Gasteiger partial charge in [-0.15, -0.1) is 0 Å². The molecule has 134 valence electrons. The SMILES string of the molecule is CCCNC(=O)c1c(C)c(C(=O)OCC)n(Cc2ccccc2)c1C. The third-order valence-corrected chi connectivity index (χ3v) is 4.18. The summed E-state index contributed by atoms with van der Waals surface area (Å²) in [4.78, 5) is 25.1. The minimum Gasteiger partial charge on any atom is -0.461 e. The molecule has 0 saturated carbocycles. The van der Waals surface area contributed by atoms with Crippen molar-refractivity contribution in [3.05, 3.63) is 58.4 Å². The van der Waals surface area contributed by atoms with Crippen LogP contribution in [0.25, 0.3) is 0 Å². The lowest BCUT2D eigenvalue weighted by Gasteiger charge is -2.12. The van der Waals surface area contributed by atoms with Crippen molar-refractivity contribution in [3.63, 3.8) is 0 Å². The normalized spacial score (nSPS) is 10.6. The molecule has 0 saturated heterocycles. The van der Waals surface area contributed by atoms with E-state index in [0.717, 1.165) is 17.7 Å². The van der Waals surface area contributed by atoms with E-state index in [4.69, 9.17) is 4.74 Å². The maximum absolute atomic E-state index is 12.6. The third kappa shape index (κ3) is 4.10. The maximum atomic E-state index is 12.6. The number of nitrogens with one attached hydrogen (secondary N) is 1. The highest BCUT2D eigenvalue weighted by atomic mass is 16.5. The van der Waals surface area contributed by atoms with E-state index in [9.17, 15) is 9.59 Å². The van der Waals surface area contributed by atoms with Crippen molar-refractivity contribution < 1.29 is 14.3 Å². The first-order valence-electron chi connectivity index (χ1n) is 8.70. The van der Waals surface area contributed by atoms with Gasteiger partial charge in [0.1, 0.15) is 5.69 Å². The lowest BCUT2D eigenvalue weighted by atomic mass is 10.1. The van der Waals surface area contributed by atoms with Gasteiger partial charge in [-0.05, 0) is 38.3 Å². The second-order valence-corrected chi connectivity index (χ2v) is 5.98. The van der Waals surface area contributed by atoms with Crippen molar-refractivity contribution in [1.29, 1.82) is 0 Å². The fourth-order valence-corrected chi connectivity index (χ4v) is 2.98. The number of ether oxygens (including phenoxy) is 1. The van der Waals surface area contributed by atoms with Crippen LogP contribution in [0.3, 0.4) is 0 Å². The van der Waals surface area contributed by atoms with Gasteiger partial charge in [0.15, 0.2) is 0 Å². The second kappa shape index (κ2) is 8.51. The Labute approximate surface area is 149 Å². The first-order chi connectivity index (χ1) is 12.0. The molecule has 5 nitrogen and oxygen atoms in total. The molecule has 1 amide bonds. The molecule has 0 atom stereocenters. The summed E-state index contributed by atoms with van der Waals surface area (Å²) in [7, 11) is 0. The standard InChI is InChI=1S/C20H26N2O3/c1-5-12-21-19(23)17-14(3)18(20(24)25-6-2)22(15(17)4)13-16-10-8-7-9-11-16/h7-11H,5-6,12-13H2,1-4H3,(H,21,23). The minimum atomic E-state index is -0.395. The highest BCUT2D eigenvalue weighted by molar-refractivity contribution is 6.01. The Bertz CT molecular complexity index is 748. The largest absolute Gasteiger partial charge is 0.461 e. The average Bonchev–Trinajstić information content (AvgIpc) is 2.84. The van der Waals surface area contributed by atoms with E-state index in [-0.39, 0.29) is 5.91 Å². The Morgan fingerprint density at radius 3 is 2.40 bits per heavy atom. The predicted octanol–water partition coefficient (Wildman–Crippen LogP) is 3.47. The molecule has 0 aliphatic rings. The van der Waals surface area contributed by atoms with Gasteiger partial charge in [-0.3, -0.25) is 4.79 Å². The van der Waals surface area contributed by atoms with Crippen molar-refractivity contribution in [2.24, 2.45) is 0 Å². The van der Waals surface area contributed by atoms with E-state index in [1.807, 2.05) is 55.7 Å². The molecule has 0 radical (unpaired) electrons. The Morgan fingerprint density at radius 1 is 1.12 bits per heavy atom. The lowest BCUT2D eigenvalue weighted by Crippen LogP contribution is -2.25. The molecule has 5 heteroatoms. The molecule has 0 aliphatic heterocycles. The number of benzene rings is 1. The predicted molar refractivity (Wildman–Crippen MR) is 98.0 cm³/mol. The molecular weight excluding hydrogens is 316 g/mol. The number of amides is 1. The Kier molecular flexibility index (Phi) is 6.39. The van der Waals surface area contributed by atoms with Crippen molar-refractivity contribution in [1.82, 2.24) is 9.88 Å². The zero-order chi connectivity index (χ0) is 18.4. The van der Waals surface area contributed by atoms with Gasteiger partial charge in [0, 0.05) is 18.8 Å². The zero-order valence-electron chi connectivity index (χ0n) is 15.4. The number of rotatable bonds is 7. The Balaban J connectivity index is 2.51. The van der Waals surface area contributed by atoms with Gasteiger partial charge >= 0.3 is 5.97 Å². The second-order valence-electron chi connectivity index (χ2n) is 5.98. The van der Waals surface area contributed by atoms with Crippen LogP contribution in [0.4, 0.5) is 0 Å². The third-order valence-electron chi connectivity index (χ3n) is 4.18. The van der Waals surface area contributed by atoms with Crippen molar-refractivity contribution >= 4 is 11.9 Å². The van der Waals surface area contributed by atoms with E-state index in [1.165, 1.54) is 0 Å². The minimum absolute atomic E-state index is 0.144. The summed E-state index contributed by atoms with van der Waals surface area (Å²) in [6.07, 6.45) is 0.860. The molecular formula is C20H26N2O3. The first kappa shape index (κ1) is 18.8. The number of hydrogen-bond acceptors (Lipinski definition) is 3. The van der Waals surface area contributed by atoms with Gasteiger partial charge in [-0.1, -0.05) is 37.3 Å². The molecule has 1 N–H and O–H groups in total. The van der Waals surface area contributed by atoms with Gasteiger partial charge < -0.3 is 14.6 Å². The maximum Gasteiger partial charge on any atom is 0.355 e. The number of hydrogen-bond donors (Lipinski definition) is 1. The Morgan fingerprint density at radius 2 is 1.80 bits per heavy atom. The summed E-state index contributed by atoms with van der Waals surface area (Å²) >= 11 is 0. The van der Waals surface area contributed by atoms with Crippen LogP contribution in [-0.2, 0) is 11.3 Å². The van der Waals surface area contributed by atoms with E-state index < -0.39 is 5.97 Å². The highest BCUT2D eigenvalue weighted by Gasteiger charge is 2.27. The smallest absolute Gasteiger partial charge is 0.355 e. The van der Waals surface area contributed by atoms with Gasteiger partial charge in [-0.2, -0.15) is 0 Å².